The van der Waals surface area contributed by atoms with Crippen molar-refractivity contribution in [1.29, 1.82) is 0 Å². The molecule has 1 aromatic carbocycles. The zero-order valence-corrected chi connectivity index (χ0v) is 23.3. The van der Waals surface area contributed by atoms with Crippen molar-refractivity contribution in [3.05, 3.63) is 47.8 Å². The Labute approximate surface area is 230 Å². The molecule has 0 aliphatic carbocycles. The Bertz CT molecular complexity index is 1220. The summed E-state index contributed by atoms with van der Waals surface area (Å²) in [5.74, 6) is -0.456. The molecule has 4 heterocycles. The zero-order valence-electron chi connectivity index (χ0n) is 23.3. The van der Waals surface area contributed by atoms with Gasteiger partial charge in [-0.15, -0.1) is 0 Å². The molecule has 9 heteroatoms. The van der Waals surface area contributed by atoms with Crippen LogP contribution in [-0.2, 0) is 23.8 Å². The number of epoxide rings is 1. The lowest BCUT2D eigenvalue weighted by Gasteiger charge is -2.35. The Kier molecular flexibility index (Phi) is 8.61. The summed E-state index contributed by atoms with van der Waals surface area (Å²) in [5, 5.41) is 6.67. The normalized spacial score (nSPS) is 31.8. The smallest absolute Gasteiger partial charge is 0.258 e. The van der Waals surface area contributed by atoms with Gasteiger partial charge in [-0.1, -0.05) is 32.1 Å². The van der Waals surface area contributed by atoms with Crippen LogP contribution in [0.15, 0.2) is 36.5 Å². The highest BCUT2D eigenvalue weighted by molar-refractivity contribution is 5.89. The predicted octanol–water partition coefficient (Wildman–Crippen LogP) is 3.89. The van der Waals surface area contributed by atoms with Gasteiger partial charge in [-0.05, 0) is 74.6 Å². The quantitative estimate of drug-likeness (QED) is 0.533. The van der Waals surface area contributed by atoms with Crippen molar-refractivity contribution in [1.82, 2.24) is 20.7 Å². The molecule has 0 radical (unpaired) electrons. The third-order valence-electron chi connectivity index (χ3n) is 7.63. The van der Waals surface area contributed by atoms with Crippen LogP contribution < -0.4 is 10.7 Å². The number of carbonyl (C=O) groups excluding carboxylic acids is 2. The topological polar surface area (TPSA) is 105 Å². The number of nitrogens with one attached hydrogen (secondary N) is 2. The van der Waals surface area contributed by atoms with Gasteiger partial charge in [0.1, 0.15) is 18.2 Å². The van der Waals surface area contributed by atoms with E-state index in [1.807, 2.05) is 33.0 Å². The number of hydrogen-bond donors (Lipinski definition) is 2. The molecule has 5 bridgehead atoms. The molecule has 2 N–H and O–H groups in total. The van der Waals surface area contributed by atoms with Gasteiger partial charge >= 0.3 is 0 Å². The van der Waals surface area contributed by atoms with Gasteiger partial charge in [-0.3, -0.25) is 19.6 Å². The van der Waals surface area contributed by atoms with E-state index in [0.29, 0.717) is 13.2 Å². The number of nitrogens with zero attached hydrogens (tertiary/aromatic N) is 2. The van der Waals surface area contributed by atoms with E-state index in [0.717, 1.165) is 47.7 Å². The van der Waals surface area contributed by atoms with Gasteiger partial charge in [0.2, 0.25) is 5.91 Å². The van der Waals surface area contributed by atoms with Gasteiger partial charge in [0.25, 0.3) is 5.91 Å². The van der Waals surface area contributed by atoms with E-state index in [9.17, 15) is 9.59 Å². The van der Waals surface area contributed by atoms with Crippen molar-refractivity contribution in [2.24, 2.45) is 5.92 Å². The van der Waals surface area contributed by atoms with Crippen molar-refractivity contribution in [2.45, 2.75) is 90.1 Å². The highest BCUT2D eigenvalue weighted by Gasteiger charge is 2.48. The average molecular weight is 537 g/mol. The third-order valence-corrected chi connectivity index (χ3v) is 7.63. The van der Waals surface area contributed by atoms with E-state index in [2.05, 4.69) is 46.1 Å². The second-order valence-corrected chi connectivity index (χ2v) is 11.1. The summed E-state index contributed by atoms with van der Waals surface area (Å²) in [6.07, 6.45) is 8.06. The molecule has 9 nitrogen and oxygen atoms in total. The summed E-state index contributed by atoms with van der Waals surface area (Å²) in [5.41, 5.74) is 5.29. The molecule has 39 heavy (non-hydrogen) atoms. The number of fused-ring (bicyclic) bond motifs is 6. The van der Waals surface area contributed by atoms with E-state index in [4.69, 9.17) is 14.2 Å². The van der Waals surface area contributed by atoms with Gasteiger partial charge in [-0.25, -0.2) is 5.43 Å². The van der Waals surface area contributed by atoms with E-state index in [1.54, 1.807) is 11.9 Å². The van der Waals surface area contributed by atoms with Crippen molar-refractivity contribution in [3.63, 3.8) is 0 Å². The molecule has 2 aromatic rings. The molecule has 210 valence electrons. The van der Waals surface area contributed by atoms with E-state index in [1.165, 1.54) is 0 Å². The van der Waals surface area contributed by atoms with Crippen LogP contribution in [-0.4, -0.2) is 65.5 Å². The standard InChI is InChI=1S/C30H40N4O5/c1-18(2)26-28(35)32-19(3)29(36)34-13-8-10-25(33-34)27-30(39-27)38-20(4)21-11-12-22-17-31-24(16-23(22)15-21)9-6-5-7-14-37-26/h6,9,11-12,15-20,25-27,30,33H,5,7-8,10,13-14H2,1-4H3,(H,32,35)/b9-6+/t19-,20+,25-,26-,27?,30?/m0/s1. The molecule has 2 amide bonds. The Hall–Kier alpha value is -2.85. The molecule has 6 atom stereocenters. The van der Waals surface area contributed by atoms with Crippen LogP contribution in [0.25, 0.3) is 16.8 Å². The number of allylic oxidation sites excluding steroid dienone is 1. The number of hydrogen-bond acceptors (Lipinski definition) is 7. The monoisotopic (exact) mass is 536 g/mol. The fourth-order valence-corrected chi connectivity index (χ4v) is 5.29. The number of amides is 2. The first-order chi connectivity index (χ1) is 18.8. The van der Waals surface area contributed by atoms with Gasteiger partial charge in [0.15, 0.2) is 6.29 Å². The number of hydrazine groups is 1. The van der Waals surface area contributed by atoms with Gasteiger partial charge in [0, 0.05) is 24.7 Å². The number of benzene rings is 1. The largest absolute Gasteiger partial charge is 0.368 e. The molecule has 0 saturated carbocycles. The summed E-state index contributed by atoms with van der Waals surface area (Å²) >= 11 is 0. The molecular weight excluding hydrogens is 496 g/mol. The summed E-state index contributed by atoms with van der Waals surface area (Å²) in [4.78, 5) is 30.8. The van der Waals surface area contributed by atoms with Crippen LogP contribution >= 0.6 is 0 Å². The highest BCUT2D eigenvalue weighted by atomic mass is 16.8. The molecule has 3 aliphatic rings. The van der Waals surface area contributed by atoms with Crippen LogP contribution in [0.5, 0.6) is 0 Å². The van der Waals surface area contributed by atoms with Crippen LogP contribution in [0.3, 0.4) is 0 Å². The molecule has 5 rings (SSSR count). The van der Waals surface area contributed by atoms with E-state index in [-0.39, 0.29) is 42.3 Å². The second-order valence-electron chi connectivity index (χ2n) is 11.1. The Balaban J connectivity index is 1.35. The van der Waals surface area contributed by atoms with Crippen LogP contribution in [0.1, 0.15) is 70.7 Å². The fraction of sp³-hybridized carbons (Fsp3) is 0.567. The van der Waals surface area contributed by atoms with Crippen molar-refractivity contribution >= 4 is 28.7 Å². The zero-order chi connectivity index (χ0) is 27.5. The lowest BCUT2D eigenvalue weighted by molar-refractivity contribution is -0.144. The minimum Gasteiger partial charge on any atom is -0.368 e. The van der Waals surface area contributed by atoms with Gasteiger partial charge in [-0.2, -0.15) is 0 Å². The maximum Gasteiger partial charge on any atom is 0.258 e. The molecule has 2 fully saturated rings. The molecule has 1 aromatic heterocycles. The van der Waals surface area contributed by atoms with E-state index >= 15 is 0 Å². The minimum atomic E-state index is -0.678. The molecule has 3 aliphatic heterocycles. The minimum absolute atomic E-state index is 0.0205. The van der Waals surface area contributed by atoms with Gasteiger partial charge in [0.05, 0.1) is 17.8 Å². The van der Waals surface area contributed by atoms with Crippen molar-refractivity contribution in [2.75, 3.05) is 13.2 Å². The van der Waals surface area contributed by atoms with Crippen molar-refractivity contribution in [3.8, 4) is 0 Å². The van der Waals surface area contributed by atoms with Crippen LogP contribution in [0.2, 0.25) is 0 Å². The van der Waals surface area contributed by atoms with Crippen molar-refractivity contribution < 1.29 is 23.8 Å². The van der Waals surface area contributed by atoms with Crippen LogP contribution in [0, 0.1) is 5.92 Å². The Morgan fingerprint density at radius 1 is 1.08 bits per heavy atom. The lowest BCUT2D eigenvalue weighted by Crippen LogP contribution is -2.59. The second kappa shape index (κ2) is 12.1. The van der Waals surface area contributed by atoms with E-state index < -0.39 is 12.1 Å². The summed E-state index contributed by atoms with van der Waals surface area (Å²) in [6.45, 7) is 8.68. The number of aromatic nitrogens is 1. The Morgan fingerprint density at radius 3 is 2.74 bits per heavy atom. The first-order valence-electron chi connectivity index (χ1n) is 14.2. The number of ether oxygens (including phenoxy) is 3. The first kappa shape index (κ1) is 27.7. The predicted molar refractivity (Wildman–Crippen MR) is 148 cm³/mol. The van der Waals surface area contributed by atoms with Gasteiger partial charge < -0.3 is 19.5 Å². The number of carbonyl (C=O) groups is 2. The SMILES string of the molecule is CC(C)[C@@H]1OCCC/C=C/c2cc3cc(ccc3cn2)[C@@H](C)OC2OC2[C@@H]2CCCN(N2)C(=O)[C@H](C)NC1=O. The summed E-state index contributed by atoms with van der Waals surface area (Å²) < 4.78 is 18.1. The molecule has 2 unspecified atom stereocenters. The molecule has 2 saturated heterocycles. The summed E-state index contributed by atoms with van der Waals surface area (Å²) in [7, 11) is 0. The third kappa shape index (κ3) is 6.66. The number of rotatable bonds is 1. The summed E-state index contributed by atoms with van der Waals surface area (Å²) in [6, 6.07) is 7.67. The van der Waals surface area contributed by atoms with Crippen LogP contribution in [0.4, 0.5) is 0 Å². The Morgan fingerprint density at radius 2 is 1.92 bits per heavy atom. The maximum atomic E-state index is 13.2. The average Bonchev–Trinajstić information content (AvgIpc) is 3.70. The number of pyridine rings is 1. The first-order valence-corrected chi connectivity index (χ1v) is 14.2. The maximum absolute atomic E-state index is 13.2. The highest BCUT2D eigenvalue weighted by Crippen LogP contribution is 2.35. The molecule has 0 spiro atoms. The fourth-order valence-electron chi connectivity index (χ4n) is 5.29. The lowest BCUT2D eigenvalue weighted by atomic mass is 10.0. The molecular formula is C30H40N4O5.